The molecule has 2 aromatic rings. The number of carbonyl (C=O) groups is 1. The van der Waals surface area contributed by atoms with Crippen LogP contribution in [0.25, 0.3) is 0 Å². The molecule has 1 heterocycles. The van der Waals surface area contributed by atoms with Crippen LogP contribution in [0.2, 0.25) is 0 Å². The van der Waals surface area contributed by atoms with Gasteiger partial charge in [0.2, 0.25) is 0 Å². The summed E-state index contributed by atoms with van der Waals surface area (Å²) in [7, 11) is 1.54. The number of aromatic nitrogens is 2. The van der Waals surface area contributed by atoms with Gasteiger partial charge in [-0.15, -0.1) is 0 Å². The smallest absolute Gasteiger partial charge is 0.259 e. The first-order valence-corrected chi connectivity index (χ1v) is 8.07. The highest BCUT2D eigenvalue weighted by Gasteiger charge is 2.15. The Kier molecular flexibility index (Phi) is 5.98. The zero-order chi connectivity index (χ0) is 17.7. The van der Waals surface area contributed by atoms with Crippen LogP contribution in [0.1, 0.15) is 41.9 Å². The number of methoxy groups -OCH3 is 1. The molecule has 0 bridgehead atoms. The van der Waals surface area contributed by atoms with Crippen molar-refractivity contribution >= 4 is 11.6 Å². The minimum absolute atomic E-state index is 0.154. The minimum Gasteiger partial charge on any atom is -0.496 e. The van der Waals surface area contributed by atoms with E-state index in [0.29, 0.717) is 28.5 Å². The van der Waals surface area contributed by atoms with Crippen LogP contribution in [-0.4, -0.2) is 27.9 Å². The molecule has 1 aromatic carbocycles. The number of anilines is 1. The van der Waals surface area contributed by atoms with Gasteiger partial charge in [-0.2, -0.15) is 5.10 Å². The lowest BCUT2D eigenvalue weighted by Gasteiger charge is -2.10. The number of nitrogens with zero attached hydrogens (tertiary/aromatic N) is 2. The van der Waals surface area contributed by atoms with Crippen molar-refractivity contribution in [3.05, 3.63) is 41.2 Å². The molecular formula is C18H25N3O3. The standard InChI is InChI=1S/C18H25N3O3/c1-12(2)7-8-21-13(3)16(10-19-21)18(23)20-15-5-6-17(24-4)14(9-15)11-22/h5-6,9-10,12,22H,7-8,11H2,1-4H3,(H,20,23). The molecule has 0 radical (unpaired) electrons. The number of aliphatic hydroxyl groups is 1. The number of aliphatic hydroxyl groups excluding tert-OH is 1. The number of nitrogens with one attached hydrogen (secondary N) is 1. The third-order valence-corrected chi connectivity index (χ3v) is 3.97. The van der Waals surface area contributed by atoms with Gasteiger partial charge in [0, 0.05) is 23.5 Å². The summed E-state index contributed by atoms with van der Waals surface area (Å²) >= 11 is 0. The Morgan fingerprint density at radius 2 is 2.17 bits per heavy atom. The Balaban J connectivity index is 2.13. The molecule has 1 aromatic heterocycles. The summed E-state index contributed by atoms with van der Waals surface area (Å²) < 4.78 is 7.03. The number of hydrogen-bond donors (Lipinski definition) is 2. The molecule has 2 N–H and O–H groups in total. The first kappa shape index (κ1) is 18.0. The molecule has 0 saturated heterocycles. The third-order valence-electron chi connectivity index (χ3n) is 3.97. The summed E-state index contributed by atoms with van der Waals surface area (Å²) in [6, 6.07) is 5.17. The summed E-state index contributed by atoms with van der Waals surface area (Å²) in [6.07, 6.45) is 2.61. The lowest BCUT2D eigenvalue weighted by Crippen LogP contribution is -2.14. The van der Waals surface area contributed by atoms with Crippen molar-refractivity contribution in [3.63, 3.8) is 0 Å². The molecule has 0 fully saturated rings. The van der Waals surface area contributed by atoms with Crippen molar-refractivity contribution in [2.45, 2.75) is 40.3 Å². The number of aryl methyl sites for hydroxylation is 1. The van der Waals surface area contributed by atoms with E-state index < -0.39 is 0 Å². The van der Waals surface area contributed by atoms with Crippen molar-refractivity contribution in [2.24, 2.45) is 5.92 Å². The van der Waals surface area contributed by atoms with Crippen LogP contribution in [0.4, 0.5) is 5.69 Å². The van der Waals surface area contributed by atoms with E-state index in [1.807, 2.05) is 11.6 Å². The highest BCUT2D eigenvalue weighted by Crippen LogP contribution is 2.23. The molecule has 0 unspecified atom stereocenters. The zero-order valence-electron chi connectivity index (χ0n) is 14.7. The monoisotopic (exact) mass is 331 g/mol. The van der Waals surface area contributed by atoms with E-state index in [2.05, 4.69) is 24.3 Å². The topological polar surface area (TPSA) is 76.4 Å². The van der Waals surface area contributed by atoms with Gasteiger partial charge in [-0.3, -0.25) is 9.48 Å². The first-order chi connectivity index (χ1) is 11.5. The van der Waals surface area contributed by atoms with E-state index in [4.69, 9.17) is 4.74 Å². The minimum atomic E-state index is -0.211. The van der Waals surface area contributed by atoms with E-state index in [0.717, 1.165) is 18.7 Å². The van der Waals surface area contributed by atoms with Crippen LogP contribution in [0.5, 0.6) is 5.75 Å². The van der Waals surface area contributed by atoms with Crippen molar-refractivity contribution < 1.29 is 14.6 Å². The lowest BCUT2D eigenvalue weighted by molar-refractivity contribution is 0.102. The Morgan fingerprint density at radius 1 is 1.42 bits per heavy atom. The van der Waals surface area contributed by atoms with E-state index >= 15 is 0 Å². The number of rotatable bonds is 7. The predicted molar refractivity (Wildman–Crippen MR) is 93.3 cm³/mol. The number of amides is 1. The lowest BCUT2D eigenvalue weighted by atomic mass is 10.1. The Labute approximate surface area is 142 Å². The molecule has 6 heteroatoms. The van der Waals surface area contributed by atoms with Gasteiger partial charge in [-0.1, -0.05) is 13.8 Å². The molecule has 1 amide bonds. The van der Waals surface area contributed by atoms with E-state index in [-0.39, 0.29) is 12.5 Å². The molecule has 0 spiro atoms. The largest absolute Gasteiger partial charge is 0.496 e. The average molecular weight is 331 g/mol. The van der Waals surface area contributed by atoms with Crippen LogP contribution in [0, 0.1) is 12.8 Å². The molecule has 130 valence electrons. The number of carbonyl (C=O) groups excluding carboxylic acids is 1. The second kappa shape index (κ2) is 7.97. The summed E-state index contributed by atoms with van der Waals surface area (Å²) in [4.78, 5) is 12.5. The number of ether oxygens (including phenoxy) is 1. The maximum absolute atomic E-state index is 12.5. The van der Waals surface area contributed by atoms with Gasteiger partial charge in [0.25, 0.3) is 5.91 Å². The van der Waals surface area contributed by atoms with Crippen LogP contribution < -0.4 is 10.1 Å². The van der Waals surface area contributed by atoms with E-state index in [1.165, 1.54) is 0 Å². The number of hydrogen-bond acceptors (Lipinski definition) is 4. The zero-order valence-corrected chi connectivity index (χ0v) is 14.7. The number of benzene rings is 1. The molecule has 0 aliphatic carbocycles. The highest BCUT2D eigenvalue weighted by atomic mass is 16.5. The van der Waals surface area contributed by atoms with Crippen molar-refractivity contribution in [3.8, 4) is 5.75 Å². The second-order valence-electron chi connectivity index (χ2n) is 6.19. The van der Waals surface area contributed by atoms with Crippen LogP contribution in [0.15, 0.2) is 24.4 Å². The van der Waals surface area contributed by atoms with Crippen molar-refractivity contribution in [2.75, 3.05) is 12.4 Å². The summed E-state index contributed by atoms with van der Waals surface area (Å²) in [5, 5.41) is 16.5. The normalized spacial score (nSPS) is 10.9. The van der Waals surface area contributed by atoms with Gasteiger partial charge in [0.1, 0.15) is 5.75 Å². The van der Waals surface area contributed by atoms with Gasteiger partial charge < -0.3 is 15.2 Å². The van der Waals surface area contributed by atoms with E-state index in [9.17, 15) is 9.90 Å². The molecule has 6 nitrogen and oxygen atoms in total. The summed E-state index contributed by atoms with van der Waals surface area (Å²) in [5.74, 6) is 0.965. The maximum atomic E-state index is 12.5. The van der Waals surface area contributed by atoms with Crippen molar-refractivity contribution in [1.82, 2.24) is 9.78 Å². The fourth-order valence-corrected chi connectivity index (χ4v) is 2.45. The molecule has 0 aliphatic rings. The molecular weight excluding hydrogens is 306 g/mol. The van der Waals surface area contributed by atoms with Crippen LogP contribution >= 0.6 is 0 Å². The van der Waals surface area contributed by atoms with E-state index in [1.54, 1.807) is 31.5 Å². The summed E-state index contributed by atoms with van der Waals surface area (Å²) in [5.41, 5.74) is 2.64. The molecule has 24 heavy (non-hydrogen) atoms. The van der Waals surface area contributed by atoms with Gasteiger partial charge in [-0.05, 0) is 37.5 Å². The van der Waals surface area contributed by atoms with Gasteiger partial charge >= 0.3 is 0 Å². The molecule has 0 saturated carbocycles. The molecule has 0 atom stereocenters. The predicted octanol–water partition coefficient (Wildman–Crippen LogP) is 2.99. The van der Waals surface area contributed by atoms with Gasteiger partial charge in [-0.25, -0.2) is 0 Å². The molecule has 0 aliphatic heterocycles. The Morgan fingerprint density at radius 3 is 2.79 bits per heavy atom. The highest BCUT2D eigenvalue weighted by molar-refractivity contribution is 6.04. The third kappa shape index (κ3) is 4.14. The fraction of sp³-hybridized carbons (Fsp3) is 0.444. The van der Waals surface area contributed by atoms with Crippen LogP contribution in [-0.2, 0) is 13.2 Å². The van der Waals surface area contributed by atoms with Gasteiger partial charge in [0.05, 0.1) is 25.5 Å². The molecule has 2 rings (SSSR count). The first-order valence-electron chi connectivity index (χ1n) is 8.07. The Hall–Kier alpha value is -2.34. The van der Waals surface area contributed by atoms with Crippen LogP contribution in [0.3, 0.4) is 0 Å². The SMILES string of the molecule is COc1ccc(NC(=O)c2cnn(CCC(C)C)c2C)cc1CO. The fourth-order valence-electron chi connectivity index (χ4n) is 2.45. The Bertz CT molecular complexity index is 708. The van der Waals surface area contributed by atoms with Gasteiger partial charge in [0.15, 0.2) is 0 Å². The second-order valence-corrected chi connectivity index (χ2v) is 6.19. The summed E-state index contributed by atoms with van der Waals surface area (Å²) in [6.45, 7) is 6.87. The quantitative estimate of drug-likeness (QED) is 0.818. The average Bonchev–Trinajstić information content (AvgIpc) is 2.93. The maximum Gasteiger partial charge on any atom is 0.259 e. The van der Waals surface area contributed by atoms with Crippen molar-refractivity contribution in [1.29, 1.82) is 0 Å².